The maximum Gasteiger partial charge on any atom is 0.328 e. The first kappa shape index (κ1) is 49.7. The van der Waals surface area contributed by atoms with Crippen molar-refractivity contribution in [2.45, 2.75) is 97.6 Å². The van der Waals surface area contributed by atoms with E-state index < -0.39 is 30.4 Å². The molecule has 12 nitrogen and oxygen atoms in total. The lowest BCUT2D eigenvalue weighted by atomic mass is 9.98. The van der Waals surface area contributed by atoms with E-state index in [-0.39, 0.29) is 36.3 Å². The summed E-state index contributed by atoms with van der Waals surface area (Å²) in [6, 6.07) is 29.2. The minimum Gasteiger partial charge on any atom is -0.480 e. The fraction of sp³-hybridized carbons (Fsp3) is 0.412. The molecule has 0 aliphatic heterocycles. The molecular formula is C51H66N6O6. The number of para-hydroxylation sites is 2. The topological polar surface area (TPSA) is 164 Å². The van der Waals surface area contributed by atoms with Crippen molar-refractivity contribution < 1.29 is 29.4 Å². The molecule has 2 amide bonds. The number of hydrogen-bond donors (Lipinski definition) is 4. The third-order valence-corrected chi connectivity index (χ3v) is 10.6. The number of aliphatic carboxylic acids is 2. The van der Waals surface area contributed by atoms with E-state index in [0.717, 1.165) is 77.5 Å². The van der Waals surface area contributed by atoms with Crippen LogP contribution in [0.25, 0.3) is 0 Å². The Morgan fingerprint density at radius 3 is 1.13 bits per heavy atom. The number of carboxylic acid groups (broad SMARTS) is 2. The molecule has 0 fully saturated rings. The zero-order valence-corrected chi connectivity index (χ0v) is 37.5. The second-order valence-electron chi connectivity index (χ2n) is 15.8. The molecule has 0 saturated carbocycles. The highest BCUT2D eigenvalue weighted by Crippen LogP contribution is 2.25. The van der Waals surface area contributed by atoms with Gasteiger partial charge in [0.05, 0.1) is 35.9 Å². The van der Waals surface area contributed by atoms with Crippen LogP contribution in [0.1, 0.15) is 108 Å². The van der Waals surface area contributed by atoms with Crippen LogP contribution in [0.4, 0.5) is 11.4 Å². The molecule has 336 valence electrons. The van der Waals surface area contributed by atoms with Gasteiger partial charge in [0, 0.05) is 28.7 Å². The van der Waals surface area contributed by atoms with Gasteiger partial charge in [0.25, 0.3) is 0 Å². The number of nitrogens with zero attached hydrogens (tertiary/aromatic N) is 4. The Bertz CT molecular complexity index is 1940. The minimum atomic E-state index is -1.56. The Hall–Kier alpha value is -5.98. The summed E-state index contributed by atoms with van der Waals surface area (Å²) < 4.78 is 0. The first-order chi connectivity index (χ1) is 30.6. The average Bonchev–Trinajstić information content (AvgIpc) is 3.29. The molecule has 0 aromatic heterocycles. The summed E-state index contributed by atoms with van der Waals surface area (Å²) in [6.45, 7) is 12.1. The lowest BCUT2D eigenvalue weighted by molar-refractivity contribution is -0.140. The van der Waals surface area contributed by atoms with Crippen LogP contribution in [-0.2, 0) is 19.2 Å². The van der Waals surface area contributed by atoms with E-state index >= 15 is 0 Å². The molecule has 12 heteroatoms. The molecule has 0 unspecified atom stereocenters. The van der Waals surface area contributed by atoms with Crippen LogP contribution >= 0.6 is 0 Å². The van der Waals surface area contributed by atoms with E-state index in [0.29, 0.717) is 33.6 Å². The Labute approximate surface area is 373 Å². The molecule has 0 heterocycles. The van der Waals surface area contributed by atoms with Gasteiger partial charge in [-0.15, -0.1) is 0 Å². The molecule has 2 atom stereocenters. The molecule has 4 rings (SSSR count). The van der Waals surface area contributed by atoms with Crippen LogP contribution < -0.4 is 10.6 Å². The average molecular weight is 859 g/mol. The van der Waals surface area contributed by atoms with Crippen molar-refractivity contribution in [3.63, 3.8) is 0 Å². The summed E-state index contributed by atoms with van der Waals surface area (Å²) in [5.41, 5.74) is 3.63. The van der Waals surface area contributed by atoms with E-state index in [1.807, 2.05) is 36.4 Å². The number of unbranched alkanes of at least 4 members (excludes halogenated alkanes) is 4. The SMILES string of the molecule is CCCCN(CCCC)CC(=O)Nc1ccccc1C(=N[C@@H](C[C@@H](N=C(c1ccccc1)c1ccccc1NC(=O)CN(CCCC)CCCC)C(=O)O)C(=O)O)c1ccccc1. The number of aliphatic imine (C=N–C) groups is 2. The van der Waals surface area contributed by atoms with Crippen LogP contribution in [0, 0.1) is 0 Å². The van der Waals surface area contributed by atoms with Crippen LogP contribution in [0.15, 0.2) is 119 Å². The van der Waals surface area contributed by atoms with E-state index in [4.69, 9.17) is 9.98 Å². The molecule has 4 N–H and O–H groups in total. The second kappa shape index (κ2) is 27.2. The highest BCUT2D eigenvalue weighted by Gasteiger charge is 2.29. The smallest absolute Gasteiger partial charge is 0.328 e. The second-order valence-corrected chi connectivity index (χ2v) is 15.8. The van der Waals surface area contributed by atoms with Crippen LogP contribution in [0.5, 0.6) is 0 Å². The molecule has 0 aliphatic carbocycles. The van der Waals surface area contributed by atoms with Gasteiger partial charge in [0.1, 0.15) is 0 Å². The third kappa shape index (κ3) is 16.3. The molecule has 4 aromatic carbocycles. The van der Waals surface area contributed by atoms with Crippen LogP contribution in [0.2, 0.25) is 0 Å². The van der Waals surface area contributed by atoms with Crippen molar-refractivity contribution in [1.29, 1.82) is 0 Å². The van der Waals surface area contributed by atoms with Gasteiger partial charge in [-0.3, -0.25) is 29.4 Å². The normalized spacial score (nSPS) is 12.9. The van der Waals surface area contributed by atoms with Crippen molar-refractivity contribution in [2.24, 2.45) is 9.98 Å². The first-order valence-electron chi connectivity index (χ1n) is 22.5. The molecule has 0 aliphatic rings. The Morgan fingerprint density at radius 1 is 0.492 bits per heavy atom. The number of benzene rings is 4. The van der Waals surface area contributed by atoms with E-state index in [2.05, 4.69) is 48.1 Å². The number of carboxylic acids is 2. The molecule has 0 saturated heterocycles. The number of anilines is 2. The summed E-state index contributed by atoms with van der Waals surface area (Å²) in [4.78, 5) is 67.3. The van der Waals surface area contributed by atoms with E-state index in [1.54, 1.807) is 72.8 Å². The summed E-state index contributed by atoms with van der Waals surface area (Å²) in [5, 5.41) is 27.6. The van der Waals surface area contributed by atoms with Gasteiger partial charge >= 0.3 is 11.9 Å². The van der Waals surface area contributed by atoms with Gasteiger partial charge in [0.2, 0.25) is 11.8 Å². The quantitative estimate of drug-likeness (QED) is 0.0411. The lowest BCUT2D eigenvalue weighted by Crippen LogP contribution is -2.35. The highest BCUT2D eigenvalue weighted by molar-refractivity contribution is 6.18. The van der Waals surface area contributed by atoms with Crippen molar-refractivity contribution in [1.82, 2.24) is 9.80 Å². The first-order valence-corrected chi connectivity index (χ1v) is 22.5. The van der Waals surface area contributed by atoms with Gasteiger partial charge in [-0.25, -0.2) is 9.59 Å². The Morgan fingerprint density at radius 2 is 0.810 bits per heavy atom. The molecule has 0 radical (unpaired) electrons. The van der Waals surface area contributed by atoms with Gasteiger partial charge < -0.3 is 20.8 Å². The fourth-order valence-corrected chi connectivity index (χ4v) is 7.18. The van der Waals surface area contributed by atoms with Gasteiger partial charge in [-0.2, -0.15) is 0 Å². The monoisotopic (exact) mass is 859 g/mol. The predicted molar refractivity (Wildman–Crippen MR) is 254 cm³/mol. The molecule has 63 heavy (non-hydrogen) atoms. The number of rotatable bonds is 28. The number of hydrogen-bond acceptors (Lipinski definition) is 8. The Kier molecular flexibility index (Phi) is 21.4. The van der Waals surface area contributed by atoms with Gasteiger partial charge in [0.15, 0.2) is 12.1 Å². The summed E-state index contributed by atoms with van der Waals surface area (Å²) in [7, 11) is 0. The number of amides is 2. The van der Waals surface area contributed by atoms with Crippen molar-refractivity contribution in [3.8, 4) is 0 Å². The number of carbonyl (C=O) groups is 4. The standard InChI is InChI=1S/C51H66N6O6/c1-5-9-31-56(32-10-6-2)36-46(58)52-42-29-21-19-27-40(42)48(38-23-15-13-16-24-38)54-44(50(60)61)35-45(51(62)63)55-49(39-25-17-14-18-26-39)41-28-20-22-30-43(41)53-47(59)37-57(33-11-7-3)34-12-8-4/h13-30,44-45H,5-12,31-37H2,1-4H3,(H,52,58)(H,53,59)(H,60,61)(H,62,63)/t44-,45+. The molecular weight excluding hydrogens is 793 g/mol. The maximum atomic E-state index is 13.6. The number of carbonyl (C=O) groups excluding carboxylic acids is 2. The number of nitrogens with one attached hydrogen (secondary N) is 2. The third-order valence-electron chi connectivity index (χ3n) is 10.6. The maximum absolute atomic E-state index is 13.6. The van der Waals surface area contributed by atoms with Crippen molar-refractivity contribution in [2.75, 3.05) is 49.9 Å². The molecule has 0 spiro atoms. The molecule has 4 aromatic rings. The van der Waals surface area contributed by atoms with Gasteiger partial charge in [-0.05, 0) is 64.0 Å². The molecule has 0 bridgehead atoms. The highest BCUT2D eigenvalue weighted by atomic mass is 16.4. The van der Waals surface area contributed by atoms with Crippen LogP contribution in [0.3, 0.4) is 0 Å². The fourth-order valence-electron chi connectivity index (χ4n) is 7.18. The summed E-state index contributed by atoms with van der Waals surface area (Å²) in [5.74, 6) is -3.07. The lowest BCUT2D eigenvalue weighted by Gasteiger charge is -2.22. The van der Waals surface area contributed by atoms with E-state index in [9.17, 15) is 29.4 Å². The van der Waals surface area contributed by atoms with Crippen molar-refractivity contribution in [3.05, 3.63) is 131 Å². The van der Waals surface area contributed by atoms with E-state index in [1.165, 1.54) is 0 Å². The van der Waals surface area contributed by atoms with Crippen LogP contribution in [-0.4, -0.2) is 107 Å². The summed E-state index contributed by atoms with van der Waals surface area (Å²) in [6.07, 6.45) is 7.46. The minimum absolute atomic E-state index is 0.202. The van der Waals surface area contributed by atoms with Gasteiger partial charge in [-0.1, -0.05) is 150 Å². The van der Waals surface area contributed by atoms with Crippen molar-refractivity contribution >= 4 is 46.6 Å². The summed E-state index contributed by atoms with van der Waals surface area (Å²) >= 11 is 0. The zero-order valence-electron chi connectivity index (χ0n) is 37.5. The largest absolute Gasteiger partial charge is 0.480 e. The zero-order chi connectivity index (χ0) is 45.4. The Balaban J connectivity index is 1.75. The predicted octanol–water partition coefficient (Wildman–Crippen LogP) is 9.04.